The highest BCUT2D eigenvalue weighted by Crippen LogP contribution is 2.38. The van der Waals surface area contributed by atoms with Gasteiger partial charge >= 0.3 is 0 Å². The number of hydrogen-bond donors (Lipinski definition) is 1. The van der Waals surface area contributed by atoms with Crippen LogP contribution in [0.3, 0.4) is 0 Å². The van der Waals surface area contributed by atoms with Crippen molar-refractivity contribution in [1.29, 1.82) is 0 Å². The van der Waals surface area contributed by atoms with E-state index in [0.29, 0.717) is 6.54 Å². The van der Waals surface area contributed by atoms with Crippen LogP contribution in [0.25, 0.3) is 0 Å². The van der Waals surface area contributed by atoms with Gasteiger partial charge in [-0.2, -0.15) is 0 Å². The van der Waals surface area contributed by atoms with Crippen LogP contribution < -0.4 is 14.8 Å². The molecule has 1 saturated heterocycles. The van der Waals surface area contributed by atoms with Gasteiger partial charge in [0, 0.05) is 23.4 Å². The molecule has 150 valence electrons. The van der Waals surface area contributed by atoms with E-state index in [2.05, 4.69) is 29.3 Å². The lowest BCUT2D eigenvalue weighted by atomic mass is 10.0. The number of hydrogen-bond acceptors (Lipinski definition) is 4. The summed E-state index contributed by atoms with van der Waals surface area (Å²) in [6, 6.07) is 12.2. The fraction of sp³-hybridized carbons (Fsp3) is 0.435. The summed E-state index contributed by atoms with van der Waals surface area (Å²) in [6.07, 6.45) is 2.98. The molecule has 1 heterocycles. The summed E-state index contributed by atoms with van der Waals surface area (Å²) in [4.78, 5) is 15.1. The van der Waals surface area contributed by atoms with Gasteiger partial charge in [0.25, 0.3) is 0 Å². The minimum Gasteiger partial charge on any atom is -0.497 e. The number of para-hydroxylation sites is 1. The SMILES string of the molecule is CCc1cccc(C)c1NC(=O)CN1CCC[C@H]1c1ccc(OC)cc1OC. The van der Waals surface area contributed by atoms with Gasteiger partial charge in [0.05, 0.1) is 20.8 Å². The number of anilines is 1. The molecule has 1 N–H and O–H groups in total. The van der Waals surface area contributed by atoms with E-state index >= 15 is 0 Å². The van der Waals surface area contributed by atoms with E-state index in [-0.39, 0.29) is 11.9 Å². The maximum absolute atomic E-state index is 12.8. The number of methoxy groups -OCH3 is 2. The predicted octanol–water partition coefficient (Wildman–Crippen LogP) is 4.35. The predicted molar refractivity (Wildman–Crippen MR) is 112 cm³/mol. The summed E-state index contributed by atoms with van der Waals surface area (Å²) < 4.78 is 10.9. The molecule has 2 aromatic carbocycles. The summed E-state index contributed by atoms with van der Waals surface area (Å²) in [5, 5.41) is 3.14. The van der Waals surface area contributed by atoms with Crippen molar-refractivity contribution in [3.8, 4) is 11.5 Å². The van der Waals surface area contributed by atoms with Gasteiger partial charge in [-0.1, -0.05) is 31.2 Å². The number of benzene rings is 2. The van der Waals surface area contributed by atoms with Crippen LogP contribution in [0, 0.1) is 6.92 Å². The first-order valence-electron chi connectivity index (χ1n) is 9.91. The van der Waals surface area contributed by atoms with Crippen LogP contribution in [0.1, 0.15) is 42.5 Å². The van der Waals surface area contributed by atoms with Crippen LogP contribution in [-0.2, 0) is 11.2 Å². The highest BCUT2D eigenvalue weighted by Gasteiger charge is 2.30. The third-order valence-electron chi connectivity index (χ3n) is 5.51. The Morgan fingerprint density at radius 2 is 2.04 bits per heavy atom. The Kier molecular flexibility index (Phi) is 6.57. The maximum Gasteiger partial charge on any atom is 0.238 e. The van der Waals surface area contributed by atoms with Crippen LogP contribution in [-0.4, -0.2) is 38.1 Å². The minimum absolute atomic E-state index is 0.0309. The van der Waals surface area contributed by atoms with Crippen LogP contribution in [0.5, 0.6) is 11.5 Å². The summed E-state index contributed by atoms with van der Waals surface area (Å²) in [5.74, 6) is 1.61. The molecule has 5 nitrogen and oxygen atoms in total. The summed E-state index contributed by atoms with van der Waals surface area (Å²) in [7, 11) is 3.32. The molecule has 0 aromatic heterocycles. The van der Waals surface area contributed by atoms with Crippen LogP contribution >= 0.6 is 0 Å². The molecule has 0 bridgehead atoms. The summed E-state index contributed by atoms with van der Waals surface area (Å²) in [6.45, 7) is 5.42. The third-order valence-corrected chi connectivity index (χ3v) is 5.51. The molecular weight excluding hydrogens is 352 g/mol. The Labute approximate surface area is 167 Å². The van der Waals surface area contributed by atoms with E-state index in [1.807, 2.05) is 31.2 Å². The number of aryl methyl sites for hydroxylation is 2. The number of likely N-dealkylation sites (tertiary alicyclic amines) is 1. The van der Waals surface area contributed by atoms with Crippen molar-refractivity contribution in [3.05, 3.63) is 53.1 Å². The molecular formula is C23H30N2O3. The summed E-state index contributed by atoms with van der Waals surface area (Å²) in [5.41, 5.74) is 4.33. The van der Waals surface area contributed by atoms with Crippen molar-refractivity contribution in [3.63, 3.8) is 0 Å². The van der Waals surface area contributed by atoms with E-state index in [1.54, 1.807) is 14.2 Å². The molecule has 1 fully saturated rings. The molecule has 0 radical (unpaired) electrons. The fourth-order valence-corrected chi connectivity index (χ4v) is 4.03. The number of nitrogens with zero attached hydrogens (tertiary/aromatic N) is 1. The van der Waals surface area contributed by atoms with E-state index < -0.39 is 0 Å². The molecule has 5 heteroatoms. The highest BCUT2D eigenvalue weighted by molar-refractivity contribution is 5.93. The monoisotopic (exact) mass is 382 g/mol. The van der Waals surface area contributed by atoms with Gasteiger partial charge in [0.2, 0.25) is 5.91 Å². The van der Waals surface area contributed by atoms with Crippen molar-refractivity contribution in [2.45, 2.75) is 39.2 Å². The van der Waals surface area contributed by atoms with E-state index in [1.165, 1.54) is 5.56 Å². The zero-order chi connectivity index (χ0) is 20.1. The molecule has 28 heavy (non-hydrogen) atoms. The topological polar surface area (TPSA) is 50.8 Å². The van der Waals surface area contributed by atoms with Gasteiger partial charge in [-0.25, -0.2) is 0 Å². The van der Waals surface area contributed by atoms with Crippen molar-refractivity contribution in [2.24, 2.45) is 0 Å². The molecule has 0 unspecified atom stereocenters. The van der Waals surface area contributed by atoms with Gasteiger partial charge in [-0.05, 0) is 49.9 Å². The van der Waals surface area contributed by atoms with E-state index in [0.717, 1.165) is 54.1 Å². The first-order valence-corrected chi connectivity index (χ1v) is 9.91. The zero-order valence-electron chi connectivity index (χ0n) is 17.2. The van der Waals surface area contributed by atoms with Crippen molar-refractivity contribution in [1.82, 2.24) is 4.90 Å². The molecule has 1 aliphatic heterocycles. The molecule has 3 rings (SSSR count). The molecule has 0 spiro atoms. The van der Waals surface area contributed by atoms with Crippen molar-refractivity contribution < 1.29 is 14.3 Å². The Morgan fingerprint density at radius 1 is 1.21 bits per heavy atom. The first-order chi connectivity index (χ1) is 13.6. The van der Waals surface area contributed by atoms with Crippen molar-refractivity contribution in [2.75, 3.05) is 32.6 Å². The standard InChI is InChI=1S/C23H30N2O3/c1-5-17-9-6-8-16(2)23(17)24-22(26)15-25-13-7-10-20(25)19-12-11-18(27-3)14-21(19)28-4/h6,8-9,11-12,14,20H,5,7,10,13,15H2,1-4H3,(H,24,26)/t20-/m0/s1. The lowest BCUT2D eigenvalue weighted by Crippen LogP contribution is -2.33. The average molecular weight is 383 g/mol. The molecule has 2 aromatic rings. The lowest BCUT2D eigenvalue weighted by molar-refractivity contribution is -0.117. The molecule has 1 amide bonds. The highest BCUT2D eigenvalue weighted by atomic mass is 16.5. The first kappa shape index (κ1) is 20.2. The number of amides is 1. The normalized spacial score (nSPS) is 16.8. The minimum atomic E-state index is 0.0309. The van der Waals surface area contributed by atoms with Crippen molar-refractivity contribution >= 4 is 11.6 Å². The second-order valence-corrected chi connectivity index (χ2v) is 7.25. The Hall–Kier alpha value is -2.53. The van der Waals surface area contributed by atoms with Gasteiger partial charge in [0.1, 0.15) is 11.5 Å². The quantitative estimate of drug-likeness (QED) is 0.773. The molecule has 1 aliphatic rings. The van der Waals surface area contributed by atoms with E-state index in [4.69, 9.17) is 9.47 Å². The Morgan fingerprint density at radius 3 is 2.75 bits per heavy atom. The molecule has 0 aliphatic carbocycles. The number of ether oxygens (including phenoxy) is 2. The number of carbonyl (C=O) groups excluding carboxylic acids is 1. The molecule has 1 atom stereocenters. The van der Waals surface area contributed by atoms with Gasteiger partial charge in [-0.3, -0.25) is 9.69 Å². The van der Waals surface area contributed by atoms with E-state index in [9.17, 15) is 4.79 Å². The smallest absolute Gasteiger partial charge is 0.238 e. The third kappa shape index (κ3) is 4.30. The number of rotatable bonds is 7. The van der Waals surface area contributed by atoms with Crippen LogP contribution in [0.15, 0.2) is 36.4 Å². The lowest BCUT2D eigenvalue weighted by Gasteiger charge is -2.26. The zero-order valence-corrected chi connectivity index (χ0v) is 17.2. The van der Waals surface area contributed by atoms with Gasteiger partial charge in [-0.15, -0.1) is 0 Å². The van der Waals surface area contributed by atoms with Crippen LogP contribution in [0.2, 0.25) is 0 Å². The Bertz CT molecular complexity index is 835. The van der Waals surface area contributed by atoms with Crippen LogP contribution in [0.4, 0.5) is 5.69 Å². The second-order valence-electron chi connectivity index (χ2n) is 7.25. The maximum atomic E-state index is 12.8. The molecule has 0 saturated carbocycles. The summed E-state index contributed by atoms with van der Waals surface area (Å²) >= 11 is 0. The second kappa shape index (κ2) is 9.11. The van der Waals surface area contributed by atoms with Gasteiger partial charge < -0.3 is 14.8 Å². The fourth-order valence-electron chi connectivity index (χ4n) is 4.03. The number of carbonyl (C=O) groups is 1. The number of nitrogens with one attached hydrogen (secondary N) is 1. The Balaban J connectivity index is 1.75. The largest absolute Gasteiger partial charge is 0.497 e. The van der Waals surface area contributed by atoms with Gasteiger partial charge in [0.15, 0.2) is 0 Å². The average Bonchev–Trinajstić information content (AvgIpc) is 3.16.